The van der Waals surface area contributed by atoms with Crippen LogP contribution in [0, 0.1) is 0 Å². The standard InChI is InChI=1S/C9H20ClNO2S/c1-9(2)14(12,13)8-7-11-6-4-3-5-10/h9,11H,3-8H2,1-2H3. The molecule has 0 aromatic rings. The van der Waals surface area contributed by atoms with Crippen LogP contribution >= 0.6 is 11.6 Å². The van der Waals surface area contributed by atoms with Crippen LogP contribution in [0.5, 0.6) is 0 Å². The highest BCUT2D eigenvalue weighted by Gasteiger charge is 2.14. The summed E-state index contributed by atoms with van der Waals surface area (Å²) in [6.07, 6.45) is 1.98. The molecule has 5 heteroatoms. The number of unbranched alkanes of at least 4 members (excludes halogenated alkanes) is 1. The first-order valence-electron chi connectivity index (χ1n) is 4.99. The van der Waals surface area contributed by atoms with Crippen LogP contribution in [-0.4, -0.2) is 38.4 Å². The Kier molecular flexibility index (Phi) is 7.59. The number of sulfone groups is 1. The van der Waals surface area contributed by atoms with Crippen LogP contribution in [0.15, 0.2) is 0 Å². The largest absolute Gasteiger partial charge is 0.316 e. The van der Waals surface area contributed by atoms with Gasteiger partial charge in [0.25, 0.3) is 0 Å². The van der Waals surface area contributed by atoms with E-state index in [1.54, 1.807) is 13.8 Å². The Balaban J connectivity index is 3.46. The van der Waals surface area contributed by atoms with Crippen LogP contribution in [0.1, 0.15) is 26.7 Å². The summed E-state index contributed by atoms with van der Waals surface area (Å²) >= 11 is 5.50. The van der Waals surface area contributed by atoms with Crippen molar-refractivity contribution in [2.45, 2.75) is 31.9 Å². The van der Waals surface area contributed by atoms with Crippen LogP contribution in [0.25, 0.3) is 0 Å². The molecule has 0 amide bonds. The summed E-state index contributed by atoms with van der Waals surface area (Å²) in [5, 5.41) is 2.82. The van der Waals surface area contributed by atoms with Crippen molar-refractivity contribution in [1.82, 2.24) is 5.32 Å². The number of halogens is 1. The third-order valence-electron chi connectivity index (χ3n) is 2.02. The normalized spacial score (nSPS) is 12.3. The van der Waals surface area contributed by atoms with Crippen molar-refractivity contribution in [2.24, 2.45) is 0 Å². The summed E-state index contributed by atoms with van der Waals surface area (Å²) in [6, 6.07) is 0. The Labute approximate surface area is 92.1 Å². The first-order valence-corrected chi connectivity index (χ1v) is 7.24. The molecule has 0 unspecified atom stereocenters. The second-order valence-corrected chi connectivity index (χ2v) is 6.62. The lowest BCUT2D eigenvalue weighted by molar-refractivity contribution is 0.580. The zero-order valence-electron chi connectivity index (χ0n) is 8.92. The van der Waals surface area contributed by atoms with E-state index in [4.69, 9.17) is 11.6 Å². The SMILES string of the molecule is CC(C)S(=O)(=O)CCNCCCCCl. The Morgan fingerprint density at radius 1 is 1.21 bits per heavy atom. The van der Waals surface area contributed by atoms with Gasteiger partial charge in [-0.15, -0.1) is 11.6 Å². The summed E-state index contributed by atoms with van der Waals surface area (Å²) in [5.41, 5.74) is 0. The van der Waals surface area contributed by atoms with Gasteiger partial charge in [-0.2, -0.15) is 0 Å². The van der Waals surface area contributed by atoms with Gasteiger partial charge in [0.05, 0.1) is 11.0 Å². The molecule has 0 saturated carbocycles. The van der Waals surface area contributed by atoms with Crippen LogP contribution in [0.3, 0.4) is 0 Å². The summed E-state index contributed by atoms with van der Waals surface area (Å²) in [5.74, 6) is 0.900. The third kappa shape index (κ3) is 6.62. The molecule has 0 heterocycles. The number of hydrogen-bond acceptors (Lipinski definition) is 3. The molecule has 0 aliphatic rings. The van der Waals surface area contributed by atoms with Gasteiger partial charge in [-0.05, 0) is 33.2 Å². The average molecular weight is 242 g/mol. The van der Waals surface area contributed by atoms with Crippen molar-refractivity contribution in [3.8, 4) is 0 Å². The molecule has 14 heavy (non-hydrogen) atoms. The van der Waals surface area contributed by atoms with Gasteiger partial charge in [-0.1, -0.05) is 0 Å². The van der Waals surface area contributed by atoms with Crippen molar-refractivity contribution >= 4 is 21.4 Å². The Bertz CT molecular complexity index is 227. The van der Waals surface area contributed by atoms with Gasteiger partial charge in [0.15, 0.2) is 9.84 Å². The van der Waals surface area contributed by atoms with E-state index in [0.717, 1.165) is 19.4 Å². The fraction of sp³-hybridized carbons (Fsp3) is 1.00. The molecule has 0 aromatic heterocycles. The van der Waals surface area contributed by atoms with Gasteiger partial charge in [0.2, 0.25) is 0 Å². The van der Waals surface area contributed by atoms with Crippen LogP contribution < -0.4 is 5.32 Å². The maximum Gasteiger partial charge on any atom is 0.153 e. The lowest BCUT2D eigenvalue weighted by atomic mass is 10.3. The van der Waals surface area contributed by atoms with Gasteiger partial charge >= 0.3 is 0 Å². The molecule has 0 rings (SSSR count). The van der Waals surface area contributed by atoms with Crippen molar-refractivity contribution in [2.75, 3.05) is 24.7 Å². The molecular formula is C9H20ClNO2S. The topological polar surface area (TPSA) is 46.2 Å². The molecule has 0 atom stereocenters. The van der Waals surface area contributed by atoms with Gasteiger partial charge in [0, 0.05) is 12.4 Å². The smallest absolute Gasteiger partial charge is 0.153 e. The van der Waals surface area contributed by atoms with E-state index in [1.807, 2.05) is 0 Å². The fourth-order valence-electron chi connectivity index (χ4n) is 0.920. The number of nitrogens with one attached hydrogen (secondary N) is 1. The molecule has 1 N–H and O–H groups in total. The zero-order chi connectivity index (χ0) is 11.0. The van der Waals surface area contributed by atoms with Crippen LogP contribution in [0.2, 0.25) is 0 Å². The molecular weight excluding hydrogens is 222 g/mol. The molecule has 0 fully saturated rings. The molecule has 86 valence electrons. The molecule has 0 bridgehead atoms. The second-order valence-electron chi connectivity index (χ2n) is 3.56. The molecule has 0 aromatic carbocycles. The van der Waals surface area contributed by atoms with E-state index < -0.39 is 9.84 Å². The van der Waals surface area contributed by atoms with E-state index in [9.17, 15) is 8.42 Å². The lowest BCUT2D eigenvalue weighted by Gasteiger charge is -2.08. The highest BCUT2D eigenvalue weighted by molar-refractivity contribution is 7.92. The first-order chi connectivity index (χ1) is 6.50. The summed E-state index contributed by atoms with van der Waals surface area (Å²) in [7, 11) is -2.88. The minimum absolute atomic E-state index is 0.228. The fourth-order valence-corrected chi connectivity index (χ4v) is 2.01. The van der Waals surface area contributed by atoms with Crippen molar-refractivity contribution in [3.05, 3.63) is 0 Å². The summed E-state index contributed by atoms with van der Waals surface area (Å²) in [6.45, 7) is 4.81. The van der Waals surface area contributed by atoms with Crippen molar-refractivity contribution in [3.63, 3.8) is 0 Å². The molecule has 0 aliphatic carbocycles. The van der Waals surface area contributed by atoms with E-state index in [0.29, 0.717) is 12.4 Å². The first kappa shape index (κ1) is 14.2. The minimum atomic E-state index is -2.88. The monoisotopic (exact) mass is 241 g/mol. The van der Waals surface area contributed by atoms with Crippen molar-refractivity contribution < 1.29 is 8.42 Å². The quantitative estimate of drug-likeness (QED) is 0.517. The zero-order valence-corrected chi connectivity index (χ0v) is 10.5. The highest BCUT2D eigenvalue weighted by Crippen LogP contribution is 1.99. The Morgan fingerprint density at radius 2 is 1.86 bits per heavy atom. The van der Waals surface area contributed by atoms with Crippen LogP contribution in [0.4, 0.5) is 0 Å². The Hall–Kier alpha value is 0.200. The summed E-state index contributed by atoms with van der Waals surface area (Å²) in [4.78, 5) is 0. The second kappa shape index (κ2) is 7.49. The highest BCUT2D eigenvalue weighted by atomic mass is 35.5. The van der Waals surface area contributed by atoms with E-state index in [-0.39, 0.29) is 11.0 Å². The predicted molar refractivity (Wildman–Crippen MR) is 61.7 cm³/mol. The molecule has 0 aliphatic heterocycles. The van der Waals surface area contributed by atoms with Crippen LogP contribution in [-0.2, 0) is 9.84 Å². The number of rotatable bonds is 8. The minimum Gasteiger partial charge on any atom is -0.316 e. The lowest BCUT2D eigenvalue weighted by Crippen LogP contribution is -2.27. The van der Waals surface area contributed by atoms with Gasteiger partial charge < -0.3 is 5.32 Å². The van der Waals surface area contributed by atoms with E-state index in [2.05, 4.69) is 5.32 Å². The Morgan fingerprint density at radius 3 is 2.36 bits per heavy atom. The third-order valence-corrected chi connectivity index (χ3v) is 4.50. The summed E-state index contributed by atoms with van der Waals surface area (Å²) < 4.78 is 22.7. The maximum atomic E-state index is 11.4. The van der Waals surface area contributed by atoms with Crippen molar-refractivity contribution in [1.29, 1.82) is 0 Å². The van der Waals surface area contributed by atoms with Gasteiger partial charge in [0.1, 0.15) is 0 Å². The molecule has 0 spiro atoms. The number of hydrogen-bond donors (Lipinski definition) is 1. The van der Waals surface area contributed by atoms with E-state index in [1.165, 1.54) is 0 Å². The molecule has 3 nitrogen and oxygen atoms in total. The number of alkyl halides is 1. The molecule has 0 saturated heterocycles. The van der Waals surface area contributed by atoms with E-state index >= 15 is 0 Å². The maximum absolute atomic E-state index is 11.4. The van der Waals surface area contributed by atoms with Gasteiger partial charge in [-0.3, -0.25) is 0 Å². The predicted octanol–water partition coefficient (Wildman–Crippen LogP) is 1.42. The molecule has 0 radical (unpaired) electrons. The van der Waals surface area contributed by atoms with Gasteiger partial charge in [-0.25, -0.2) is 8.42 Å². The average Bonchev–Trinajstić information content (AvgIpc) is 2.10.